The van der Waals surface area contributed by atoms with Gasteiger partial charge in [0.15, 0.2) is 11.5 Å². The molecular formula is C27H33N3O4. The Bertz CT molecular complexity index is 1190. The largest absolute Gasteiger partial charge is 0.508 e. The molecule has 34 heavy (non-hydrogen) atoms. The molecule has 3 N–H and O–H groups in total. The number of carbonyl (C=O) groups is 1. The Morgan fingerprint density at radius 3 is 2.47 bits per heavy atom. The van der Waals surface area contributed by atoms with Crippen LogP contribution in [0, 0.1) is 6.92 Å². The Labute approximate surface area is 200 Å². The van der Waals surface area contributed by atoms with E-state index in [-0.39, 0.29) is 29.0 Å². The summed E-state index contributed by atoms with van der Waals surface area (Å²) in [7, 11) is 0. The van der Waals surface area contributed by atoms with Gasteiger partial charge in [0.25, 0.3) is 5.91 Å². The predicted molar refractivity (Wildman–Crippen MR) is 134 cm³/mol. The van der Waals surface area contributed by atoms with E-state index in [9.17, 15) is 15.0 Å². The zero-order valence-electron chi connectivity index (χ0n) is 20.3. The molecule has 0 bridgehead atoms. The quantitative estimate of drug-likeness (QED) is 0.441. The normalized spacial score (nSPS) is 14.0. The minimum Gasteiger partial charge on any atom is -0.508 e. The highest BCUT2D eigenvalue weighted by Crippen LogP contribution is 2.44. The highest BCUT2D eigenvalue weighted by molar-refractivity contribution is 6.03. The van der Waals surface area contributed by atoms with Gasteiger partial charge in [0.1, 0.15) is 11.5 Å². The van der Waals surface area contributed by atoms with Crippen LogP contribution in [0.1, 0.15) is 67.6 Å². The van der Waals surface area contributed by atoms with Crippen molar-refractivity contribution in [2.75, 3.05) is 24.5 Å². The summed E-state index contributed by atoms with van der Waals surface area (Å²) in [5, 5.41) is 27.9. The lowest BCUT2D eigenvalue weighted by molar-refractivity contribution is 0.0947. The lowest BCUT2D eigenvalue weighted by atomic mass is 9.92. The summed E-state index contributed by atoms with van der Waals surface area (Å²) in [5.74, 6) is -0.129. The Morgan fingerprint density at radius 1 is 1.09 bits per heavy atom. The van der Waals surface area contributed by atoms with Gasteiger partial charge in [0, 0.05) is 31.4 Å². The highest BCUT2D eigenvalue weighted by atomic mass is 16.5. The smallest absolute Gasteiger partial charge is 0.274 e. The summed E-state index contributed by atoms with van der Waals surface area (Å²) in [6, 6.07) is 9.23. The zero-order valence-corrected chi connectivity index (χ0v) is 20.3. The van der Waals surface area contributed by atoms with Gasteiger partial charge < -0.3 is 25.0 Å². The van der Waals surface area contributed by atoms with E-state index in [2.05, 4.69) is 27.5 Å². The van der Waals surface area contributed by atoms with Crippen LogP contribution in [0.5, 0.6) is 11.5 Å². The molecule has 1 amide bonds. The first-order valence-corrected chi connectivity index (χ1v) is 12.0. The minimum atomic E-state index is -0.339. The first-order valence-electron chi connectivity index (χ1n) is 12.0. The Kier molecular flexibility index (Phi) is 6.82. The van der Waals surface area contributed by atoms with E-state index < -0.39 is 0 Å². The van der Waals surface area contributed by atoms with Crippen LogP contribution in [-0.2, 0) is 0 Å². The molecule has 0 radical (unpaired) electrons. The highest BCUT2D eigenvalue weighted by Gasteiger charge is 2.28. The number of aromatic hydroxyl groups is 2. The maximum Gasteiger partial charge on any atom is 0.274 e. The first kappa shape index (κ1) is 23.7. The molecule has 0 unspecified atom stereocenters. The fraction of sp³-hybridized carbons (Fsp3) is 0.407. The van der Waals surface area contributed by atoms with Crippen molar-refractivity contribution in [2.45, 2.75) is 52.9 Å². The van der Waals surface area contributed by atoms with E-state index >= 15 is 0 Å². The van der Waals surface area contributed by atoms with Crippen molar-refractivity contribution in [3.05, 3.63) is 47.2 Å². The molecule has 1 aliphatic rings. The summed E-state index contributed by atoms with van der Waals surface area (Å²) < 4.78 is 5.70. The Balaban J connectivity index is 1.88. The van der Waals surface area contributed by atoms with Crippen molar-refractivity contribution >= 4 is 11.6 Å². The molecule has 4 rings (SSSR count). The van der Waals surface area contributed by atoms with Crippen LogP contribution in [0.25, 0.3) is 22.5 Å². The van der Waals surface area contributed by atoms with Gasteiger partial charge >= 0.3 is 0 Å². The van der Waals surface area contributed by atoms with Gasteiger partial charge in [-0.05, 0) is 73.9 Å². The van der Waals surface area contributed by atoms with Gasteiger partial charge in [0.05, 0.1) is 11.1 Å². The van der Waals surface area contributed by atoms with Crippen molar-refractivity contribution in [2.24, 2.45) is 0 Å². The number of aromatic nitrogens is 1. The molecule has 0 atom stereocenters. The van der Waals surface area contributed by atoms with Crippen LogP contribution < -0.4 is 10.2 Å². The van der Waals surface area contributed by atoms with Gasteiger partial charge in [-0.2, -0.15) is 0 Å². The minimum absolute atomic E-state index is 0.0170. The predicted octanol–water partition coefficient (Wildman–Crippen LogP) is 5.59. The van der Waals surface area contributed by atoms with Crippen LogP contribution in [-0.4, -0.2) is 40.9 Å². The van der Waals surface area contributed by atoms with E-state index in [1.807, 2.05) is 33.8 Å². The second-order valence-corrected chi connectivity index (χ2v) is 9.22. The Morgan fingerprint density at radius 2 is 1.82 bits per heavy atom. The molecule has 0 saturated carbocycles. The maximum atomic E-state index is 12.9. The number of nitrogens with one attached hydrogen (secondary N) is 1. The average Bonchev–Trinajstić information content (AvgIpc) is 3.24. The number of benzene rings is 2. The molecule has 0 spiro atoms. The topological polar surface area (TPSA) is 98.8 Å². The van der Waals surface area contributed by atoms with Crippen LogP contribution in [0.15, 0.2) is 34.9 Å². The molecule has 2 aromatic carbocycles. The van der Waals surface area contributed by atoms with Crippen molar-refractivity contribution < 1.29 is 19.5 Å². The van der Waals surface area contributed by atoms with Crippen LogP contribution in [0.3, 0.4) is 0 Å². The molecule has 1 fully saturated rings. The van der Waals surface area contributed by atoms with Crippen molar-refractivity contribution in [3.63, 3.8) is 0 Å². The van der Waals surface area contributed by atoms with Gasteiger partial charge in [-0.15, -0.1) is 0 Å². The van der Waals surface area contributed by atoms with Gasteiger partial charge in [-0.3, -0.25) is 4.79 Å². The number of rotatable bonds is 6. The number of hydrogen-bond donors (Lipinski definition) is 3. The molecule has 7 nitrogen and oxygen atoms in total. The third kappa shape index (κ3) is 4.47. The number of amides is 1. The number of phenolic OH excluding ortho intramolecular Hbond substituents is 2. The van der Waals surface area contributed by atoms with E-state index in [0.29, 0.717) is 29.0 Å². The number of anilines is 1. The standard InChI is InChI=1S/C27H33N3O4/c1-5-28-27(33)25-24(19-10-9-18(13-17(19)4)30-11-7-6-8-12-30)26(34-29-25)21-14-20(16(2)3)22(31)15-23(21)32/h9-10,13-16,31-32H,5-8,11-12H2,1-4H3,(H,28,33). The van der Waals surface area contributed by atoms with Crippen molar-refractivity contribution in [1.82, 2.24) is 10.5 Å². The summed E-state index contributed by atoms with van der Waals surface area (Å²) >= 11 is 0. The van der Waals surface area contributed by atoms with Gasteiger partial charge in [-0.25, -0.2) is 0 Å². The molecule has 2 heterocycles. The van der Waals surface area contributed by atoms with E-state index in [4.69, 9.17) is 4.52 Å². The monoisotopic (exact) mass is 463 g/mol. The molecule has 7 heteroatoms. The number of phenols is 2. The zero-order chi connectivity index (χ0) is 24.4. The van der Waals surface area contributed by atoms with Crippen molar-refractivity contribution in [1.29, 1.82) is 0 Å². The van der Waals surface area contributed by atoms with E-state index in [0.717, 1.165) is 29.9 Å². The lowest BCUT2D eigenvalue weighted by Crippen LogP contribution is -2.29. The summed E-state index contributed by atoms with van der Waals surface area (Å²) in [5.41, 5.74) is 4.73. The molecule has 0 aliphatic carbocycles. The van der Waals surface area contributed by atoms with Gasteiger partial charge in [-0.1, -0.05) is 25.1 Å². The van der Waals surface area contributed by atoms with E-state index in [1.165, 1.54) is 25.3 Å². The lowest BCUT2D eigenvalue weighted by Gasteiger charge is -2.29. The fourth-order valence-electron chi connectivity index (χ4n) is 4.64. The third-order valence-corrected chi connectivity index (χ3v) is 6.46. The number of hydrogen-bond acceptors (Lipinski definition) is 6. The summed E-state index contributed by atoms with van der Waals surface area (Å²) in [6.07, 6.45) is 3.65. The SMILES string of the molecule is CCNC(=O)c1noc(-c2cc(C(C)C)c(O)cc2O)c1-c1ccc(N2CCCCC2)cc1C. The summed E-state index contributed by atoms with van der Waals surface area (Å²) in [6.45, 7) is 10.3. The number of carbonyl (C=O) groups excluding carboxylic acids is 1. The second-order valence-electron chi connectivity index (χ2n) is 9.22. The molecule has 1 saturated heterocycles. The third-order valence-electron chi connectivity index (χ3n) is 6.46. The molecule has 3 aromatic rings. The molecule has 180 valence electrons. The summed E-state index contributed by atoms with van der Waals surface area (Å²) in [4.78, 5) is 15.3. The second kappa shape index (κ2) is 9.79. The number of piperidine rings is 1. The maximum absolute atomic E-state index is 12.9. The fourth-order valence-corrected chi connectivity index (χ4v) is 4.64. The molecule has 1 aliphatic heterocycles. The van der Waals surface area contributed by atoms with Crippen molar-refractivity contribution in [3.8, 4) is 33.9 Å². The first-order chi connectivity index (χ1) is 16.3. The van der Waals surface area contributed by atoms with Crippen LogP contribution in [0.4, 0.5) is 5.69 Å². The number of aryl methyl sites for hydroxylation is 1. The van der Waals surface area contributed by atoms with Crippen LogP contribution in [0.2, 0.25) is 0 Å². The van der Waals surface area contributed by atoms with Crippen LogP contribution >= 0.6 is 0 Å². The average molecular weight is 464 g/mol. The molecular weight excluding hydrogens is 430 g/mol. The molecule has 1 aromatic heterocycles. The van der Waals surface area contributed by atoms with E-state index in [1.54, 1.807) is 6.07 Å². The number of nitrogens with zero attached hydrogens (tertiary/aromatic N) is 2. The van der Waals surface area contributed by atoms with Gasteiger partial charge in [0.2, 0.25) is 0 Å². The Hall–Kier alpha value is -3.48.